The van der Waals surface area contributed by atoms with E-state index in [1.807, 2.05) is 4.90 Å². The maximum Gasteiger partial charge on any atom is 0.323 e. The number of hydrogen-bond acceptors (Lipinski definition) is 4. The van der Waals surface area contributed by atoms with Crippen molar-refractivity contribution in [3.63, 3.8) is 0 Å². The first-order chi connectivity index (χ1) is 9.67. The number of esters is 1. The minimum absolute atomic E-state index is 0.122. The van der Waals surface area contributed by atoms with E-state index in [1.165, 1.54) is 13.5 Å². The summed E-state index contributed by atoms with van der Waals surface area (Å²) in [4.78, 5) is 25.8. The van der Waals surface area contributed by atoms with Crippen LogP contribution in [0, 0.1) is 18.3 Å². The third-order valence-electron chi connectivity index (χ3n) is 4.41. The van der Waals surface area contributed by atoms with E-state index in [9.17, 15) is 9.59 Å². The smallest absolute Gasteiger partial charge is 0.323 e. The fraction of sp³-hybridized carbons (Fsp3) is 0.733. The quantitative estimate of drug-likeness (QED) is 0.602. The van der Waals surface area contributed by atoms with Gasteiger partial charge >= 0.3 is 5.97 Å². The Hall–Kier alpha value is -1.54. The van der Waals surface area contributed by atoms with Crippen LogP contribution in [-0.2, 0) is 14.3 Å². The Bertz CT molecular complexity index is 416. The Morgan fingerprint density at radius 1 is 1.40 bits per heavy atom. The number of fused-ring (bicyclic) bond motifs is 1. The van der Waals surface area contributed by atoms with Gasteiger partial charge < -0.3 is 10.1 Å². The molecule has 1 N–H and O–H groups in total. The van der Waals surface area contributed by atoms with E-state index >= 15 is 0 Å². The summed E-state index contributed by atoms with van der Waals surface area (Å²) < 4.78 is 4.89. The number of carbonyl (C=O) groups excluding carboxylic acids is 2. The SMILES string of the molecule is C#CCNC(=O)CN1C(C(=O)OC)CC2CCCCC21. The van der Waals surface area contributed by atoms with E-state index < -0.39 is 0 Å². The molecule has 2 fully saturated rings. The maximum atomic E-state index is 11.9. The Kier molecular flexibility index (Phi) is 5.02. The summed E-state index contributed by atoms with van der Waals surface area (Å²) in [5.41, 5.74) is 0. The molecule has 3 unspecified atom stereocenters. The zero-order chi connectivity index (χ0) is 14.5. The molecular formula is C15H22N2O3. The predicted molar refractivity (Wildman–Crippen MR) is 74.7 cm³/mol. The molecule has 1 heterocycles. The Balaban J connectivity index is 2.05. The highest BCUT2D eigenvalue weighted by atomic mass is 16.5. The highest BCUT2D eigenvalue weighted by Crippen LogP contribution is 2.39. The van der Waals surface area contributed by atoms with Crippen LogP contribution in [0.1, 0.15) is 32.1 Å². The van der Waals surface area contributed by atoms with E-state index in [4.69, 9.17) is 11.2 Å². The minimum atomic E-state index is -0.287. The molecule has 1 aliphatic carbocycles. The summed E-state index contributed by atoms with van der Waals surface area (Å²) in [6.07, 6.45) is 10.5. The molecule has 1 saturated heterocycles. The average Bonchev–Trinajstić information content (AvgIpc) is 2.83. The normalized spacial score (nSPS) is 29.3. The number of carbonyl (C=O) groups is 2. The van der Waals surface area contributed by atoms with Gasteiger partial charge in [0.25, 0.3) is 0 Å². The van der Waals surface area contributed by atoms with Crippen molar-refractivity contribution in [1.29, 1.82) is 0 Å². The van der Waals surface area contributed by atoms with Gasteiger partial charge in [-0.25, -0.2) is 0 Å². The molecule has 0 spiro atoms. The van der Waals surface area contributed by atoms with Gasteiger partial charge in [0.15, 0.2) is 0 Å². The topological polar surface area (TPSA) is 58.6 Å². The van der Waals surface area contributed by atoms with Gasteiger partial charge in [-0.15, -0.1) is 6.42 Å². The van der Waals surface area contributed by atoms with Gasteiger partial charge in [0.05, 0.1) is 20.2 Å². The van der Waals surface area contributed by atoms with Crippen molar-refractivity contribution >= 4 is 11.9 Å². The molecular weight excluding hydrogens is 256 g/mol. The number of methoxy groups -OCH3 is 1. The summed E-state index contributed by atoms with van der Waals surface area (Å²) in [6.45, 7) is 0.451. The van der Waals surface area contributed by atoms with Crippen molar-refractivity contribution in [2.24, 2.45) is 5.92 Å². The van der Waals surface area contributed by atoms with Crippen LogP contribution in [0.2, 0.25) is 0 Å². The van der Waals surface area contributed by atoms with Gasteiger partial charge in [-0.3, -0.25) is 14.5 Å². The zero-order valence-electron chi connectivity index (χ0n) is 11.9. The largest absolute Gasteiger partial charge is 0.468 e. The van der Waals surface area contributed by atoms with Gasteiger partial charge in [0.2, 0.25) is 5.91 Å². The Labute approximate surface area is 120 Å². The molecule has 1 saturated carbocycles. The second kappa shape index (κ2) is 6.76. The van der Waals surface area contributed by atoms with Gasteiger partial charge in [-0.2, -0.15) is 0 Å². The number of nitrogens with zero attached hydrogens (tertiary/aromatic N) is 1. The molecule has 3 atom stereocenters. The molecule has 5 heteroatoms. The molecule has 0 radical (unpaired) electrons. The summed E-state index contributed by atoms with van der Waals surface area (Å²) in [7, 11) is 1.40. The van der Waals surface area contributed by atoms with E-state index in [-0.39, 0.29) is 31.0 Å². The number of ether oxygens (including phenoxy) is 1. The highest BCUT2D eigenvalue weighted by Gasteiger charge is 2.46. The molecule has 2 rings (SSSR count). The van der Waals surface area contributed by atoms with E-state index in [2.05, 4.69) is 11.2 Å². The summed E-state index contributed by atoms with van der Waals surface area (Å²) in [5, 5.41) is 2.66. The molecule has 5 nitrogen and oxygen atoms in total. The first-order valence-electron chi connectivity index (χ1n) is 7.21. The van der Waals surface area contributed by atoms with Crippen molar-refractivity contribution in [3.05, 3.63) is 0 Å². The van der Waals surface area contributed by atoms with Gasteiger partial charge in [0, 0.05) is 6.04 Å². The van der Waals surface area contributed by atoms with Crippen molar-refractivity contribution in [2.75, 3.05) is 20.2 Å². The van der Waals surface area contributed by atoms with Crippen molar-refractivity contribution < 1.29 is 14.3 Å². The van der Waals surface area contributed by atoms with Crippen LogP contribution in [0.3, 0.4) is 0 Å². The molecule has 110 valence electrons. The van der Waals surface area contributed by atoms with Crippen LogP contribution >= 0.6 is 0 Å². The molecule has 0 bridgehead atoms. The number of rotatable bonds is 4. The minimum Gasteiger partial charge on any atom is -0.468 e. The highest BCUT2D eigenvalue weighted by molar-refractivity contribution is 5.81. The lowest BCUT2D eigenvalue weighted by Gasteiger charge is -2.32. The first-order valence-corrected chi connectivity index (χ1v) is 7.21. The van der Waals surface area contributed by atoms with Gasteiger partial charge in [-0.05, 0) is 25.2 Å². The molecule has 0 aromatic carbocycles. The average molecular weight is 278 g/mol. The summed E-state index contributed by atoms with van der Waals surface area (Å²) in [5.74, 6) is 2.54. The predicted octanol–water partition coefficient (Wildman–Crippen LogP) is 0.542. The van der Waals surface area contributed by atoms with E-state index in [0.29, 0.717) is 12.0 Å². The Morgan fingerprint density at radius 3 is 2.85 bits per heavy atom. The van der Waals surface area contributed by atoms with Gasteiger partial charge in [-0.1, -0.05) is 18.8 Å². The Morgan fingerprint density at radius 2 is 2.15 bits per heavy atom. The lowest BCUT2D eigenvalue weighted by Crippen LogP contribution is -2.47. The van der Waals surface area contributed by atoms with E-state index in [1.54, 1.807) is 0 Å². The number of amides is 1. The monoisotopic (exact) mass is 278 g/mol. The fourth-order valence-corrected chi connectivity index (χ4v) is 3.52. The maximum absolute atomic E-state index is 11.9. The number of hydrogen-bond donors (Lipinski definition) is 1. The third kappa shape index (κ3) is 3.13. The van der Waals surface area contributed by atoms with Crippen LogP contribution in [0.4, 0.5) is 0 Å². The molecule has 2 aliphatic rings. The van der Waals surface area contributed by atoms with Crippen molar-refractivity contribution in [3.8, 4) is 12.3 Å². The molecule has 0 aromatic rings. The number of likely N-dealkylation sites (tertiary alicyclic amines) is 1. The van der Waals surface area contributed by atoms with Crippen molar-refractivity contribution in [2.45, 2.75) is 44.2 Å². The van der Waals surface area contributed by atoms with Crippen LogP contribution < -0.4 is 5.32 Å². The van der Waals surface area contributed by atoms with Crippen LogP contribution in [0.5, 0.6) is 0 Å². The zero-order valence-corrected chi connectivity index (χ0v) is 11.9. The molecule has 20 heavy (non-hydrogen) atoms. The fourth-order valence-electron chi connectivity index (χ4n) is 3.52. The molecule has 1 amide bonds. The third-order valence-corrected chi connectivity index (χ3v) is 4.41. The van der Waals surface area contributed by atoms with E-state index in [0.717, 1.165) is 25.7 Å². The lowest BCUT2D eigenvalue weighted by atomic mass is 9.85. The van der Waals surface area contributed by atoms with Crippen LogP contribution in [-0.4, -0.2) is 49.1 Å². The summed E-state index contributed by atoms with van der Waals surface area (Å²) >= 11 is 0. The van der Waals surface area contributed by atoms with Crippen molar-refractivity contribution in [1.82, 2.24) is 10.2 Å². The van der Waals surface area contributed by atoms with Gasteiger partial charge in [0.1, 0.15) is 6.04 Å². The second-order valence-electron chi connectivity index (χ2n) is 5.54. The number of terminal acetylenes is 1. The second-order valence-corrected chi connectivity index (χ2v) is 5.54. The first kappa shape index (κ1) is 14.9. The number of nitrogens with one attached hydrogen (secondary N) is 1. The lowest BCUT2D eigenvalue weighted by molar-refractivity contribution is -0.146. The summed E-state index contributed by atoms with van der Waals surface area (Å²) in [6, 6.07) is 0.0362. The molecule has 0 aromatic heterocycles. The molecule has 1 aliphatic heterocycles. The van der Waals surface area contributed by atoms with Crippen LogP contribution in [0.15, 0.2) is 0 Å². The standard InChI is InChI=1S/C15H22N2O3/c1-3-8-16-14(18)10-17-12-7-5-4-6-11(12)9-13(17)15(19)20-2/h1,11-13H,4-10H2,2H3,(H,16,18). The van der Waals surface area contributed by atoms with Crippen LogP contribution in [0.25, 0.3) is 0 Å².